The van der Waals surface area contributed by atoms with E-state index in [0.717, 1.165) is 11.8 Å². The van der Waals surface area contributed by atoms with E-state index in [4.69, 9.17) is 0 Å². The average molecular weight is 288 g/mol. The van der Waals surface area contributed by atoms with Gasteiger partial charge in [-0.2, -0.15) is 0 Å². The number of nitrogens with one attached hydrogen (secondary N) is 1. The molecule has 84 valence electrons. The van der Waals surface area contributed by atoms with Crippen molar-refractivity contribution in [1.29, 1.82) is 0 Å². The molecule has 0 bridgehead atoms. The Morgan fingerprint density at radius 3 is 2.80 bits per heavy atom. The first-order valence-electron chi connectivity index (χ1n) is 5.64. The third-order valence-electron chi connectivity index (χ3n) is 3.19. The van der Waals surface area contributed by atoms with Crippen molar-refractivity contribution in [3.05, 3.63) is 20.8 Å². The summed E-state index contributed by atoms with van der Waals surface area (Å²) in [7, 11) is 0. The van der Waals surface area contributed by atoms with Gasteiger partial charge in [0, 0.05) is 15.4 Å². The highest BCUT2D eigenvalue weighted by Gasteiger charge is 2.33. The van der Waals surface area contributed by atoms with E-state index in [1.165, 1.54) is 23.9 Å². The smallest absolute Gasteiger partial charge is 0.0317 e. The molecule has 1 heterocycles. The van der Waals surface area contributed by atoms with Crippen molar-refractivity contribution in [2.24, 2.45) is 5.92 Å². The SMILES string of the molecule is CC(C)NCC1CCC1c1sccc1Br. The minimum Gasteiger partial charge on any atom is -0.314 e. The van der Waals surface area contributed by atoms with Crippen LogP contribution in [0.3, 0.4) is 0 Å². The summed E-state index contributed by atoms with van der Waals surface area (Å²) in [6.07, 6.45) is 2.75. The van der Waals surface area contributed by atoms with Gasteiger partial charge in [0.1, 0.15) is 0 Å². The van der Waals surface area contributed by atoms with Crippen LogP contribution in [0.2, 0.25) is 0 Å². The molecule has 0 saturated heterocycles. The summed E-state index contributed by atoms with van der Waals surface area (Å²) >= 11 is 5.54. The van der Waals surface area contributed by atoms with Gasteiger partial charge in [-0.3, -0.25) is 0 Å². The number of hydrogen-bond donors (Lipinski definition) is 1. The van der Waals surface area contributed by atoms with Gasteiger partial charge in [0.15, 0.2) is 0 Å². The van der Waals surface area contributed by atoms with Gasteiger partial charge in [-0.1, -0.05) is 13.8 Å². The first-order valence-corrected chi connectivity index (χ1v) is 7.32. The zero-order valence-corrected chi connectivity index (χ0v) is 11.7. The van der Waals surface area contributed by atoms with Crippen LogP contribution < -0.4 is 5.32 Å². The van der Waals surface area contributed by atoms with Gasteiger partial charge < -0.3 is 5.32 Å². The van der Waals surface area contributed by atoms with Gasteiger partial charge >= 0.3 is 0 Å². The van der Waals surface area contributed by atoms with Gasteiger partial charge in [-0.05, 0) is 58.6 Å². The maximum absolute atomic E-state index is 3.64. The largest absolute Gasteiger partial charge is 0.314 e. The molecule has 2 rings (SSSR count). The van der Waals surface area contributed by atoms with E-state index in [1.54, 1.807) is 4.88 Å². The van der Waals surface area contributed by atoms with Crippen LogP contribution >= 0.6 is 27.3 Å². The van der Waals surface area contributed by atoms with Crippen LogP contribution in [0.5, 0.6) is 0 Å². The van der Waals surface area contributed by atoms with E-state index in [-0.39, 0.29) is 0 Å². The molecule has 2 atom stereocenters. The lowest BCUT2D eigenvalue weighted by Gasteiger charge is -2.37. The molecule has 15 heavy (non-hydrogen) atoms. The van der Waals surface area contributed by atoms with Crippen LogP contribution in [-0.2, 0) is 0 Å². The van der Waals surface area contributed by atoms with Crippen LogP contribution in [0.1, 0.15) is 37.5 Å². The van der Waals surface area contributed by atoms with Gasteiger partial charge in [-0.25, -0.2) is 0 Å². The standard InChI is InChI=1S/C12H18BrNS/c1-8(2)14-7-9-3-4-10(9)12-11(13)5-6-15-12/h5-6,8-10,14H,3-4,7H2,1-2H3. The molecule has 1 aliphatic carbocycles. The molecule has 0 amide bonds. The van der Waals surface area contributed by atoms with Crippen molar-refractivity contribution < 1.29 is 0 Å². The van der Waals surface area contributed by atoms with Crippen molar-refractivity contribution in [3.63, 3.8) is 0 Å². The number of thiophene rings is 1. The quantitative estimate of drug-likeness (QED) is 0.883. The lowest BCUT2D eigenvalue weighted by molar-refractivity contribution is 0.243. The minimum atomic E-state index is 0.609. The summed E-state index contributed by atoms with van der Waals surface area (Å²) in [6.45, 7) is 5.61. The topological polar surface area (TPSA) is 12.0 Å². The Morgan fingerprint density at radius 1 is 1.53 bits per heavy atom. The molecule has 0 aliphatic heterocycles. The van der Waals surface area contributed by atoms with Crippen molar-refractivity contribution in [1.82, 2.24) is 5.32 Å². The molecule has 1 saturated carbocycles. The Hall–Kier alpha value is 0.140. The van der Waals surface area contributed by atoms with E-state index in [9.17, 15) is 0 Å². The second-order valence-electron chi connectivity index (χ2n) is 4.64. The summed E-state index contributed by atoms with van der Waals surface area (Å²) in [5.74, 6) is 1.65. The lowest BCUT2D eigenvalue weighted by atomic mass is 9.73. The summed E-state index contributed by atoms with van der Waals surface area (Å²) in [5.41, 5.74) is 0. The predicted molar refractivity (Wildman–Crippen MR) is 70.6 cm³/mol. The Morgan fingerprint density at radius 2 is 2.33 bits per heavy atom. The maximum atomic E-state index is 3.64. The predicted octanol–water partition coefficient (Wildman–Crippen LogP) is 4.00. The van der Waals surface area contributed by atoms with E-state index in [0.29, 0.717) is 6.04 Å². The van der Waals surface area contributed by atoms with Crippen LogP contribution in [0.4, 0.5) is 0 Å². The van der Waals surface area contributed by atoms with Gasteiger partial charge in [0.2, 0.25) is 0 Å². The molecule has 1 aromatic heterocycles. The molecule has 0 spiro atoms. The summed E-state index contributed by atoms with van der Waals surface area (Å²) in [6, 6.07) is 2.78. The van der Waals surface area contributed by atoms with E-state index >= 15 is 0 Å². The van der Waals surface area contributed by atoms with Crippen molar-refractivity contribution in [3.8, 4) is 0 Å². The van der Waals surface area contributed by atoms with Crippen molar-refractivity contribution in [2.45, 2.75) is 38.6 Å². The summed E-state index contributed by atoms with van der Waals surface area (Å²) in [5, 5.41) is 5.73. The monoisotopic (exact) mass is 287 g/mol. The lowest BCUT2D eigenvalue weighted by Crippen LogP contribution is -2.36. The van der Waals surface area contributed by atoms with E-state index in [2.05, 4.69) is 46.5 Å². The fourth-order valence-electron chi connectivity index (χ4n) is 2.12. The van der Waals surface area contributed by atoms with Crippen LogP contribution in [0, 0.1) is 5.92 Å². The maximum Gasteiger partial charge on any atom is 0.0317 e. The highest BCUT2D eigenvalue weighted by atomic mass is 79.9. The Labute approximate surface area is 104 Å². The fraction of sp³-hybridized carbons (Fsp3) is 0.667. The molecule has 3 heteroatoms. The molecule has 0 radical (unpaired) electrons. The van der Waals surface area contributed by atoms with Gasteiger partial charge in [-0.15, -0.1) is 11.3 Å². The molecule has 1 aliphatic rings. The second-order valence-corrected chi connectivity index (χ2v) is 6.44. The highest BCUT2D eigenvalue weighted by Crippen LogP contribution is 2.46. The third-order valence-corrected chi connectivity index (χ3v) is 5.19. The number of rotatable bonds is 4. The molecule has 1 nitrogen and oxygen atoms in total. The molecule has 1 N–H and O–H groups in total. The van der Waals surface area contributed by atoms with Crippen molar-refractivity contribution in [2.75, 3.05) is 6.54 Å². The highest BCUT2D eigenvalue weighted by molar-refractivity contribution is 9.10. The van der Waals surface area contributed by atoms with Crippen LogP contribution in [0.15, 0.2) is 15.9 Å². The molecular formula is C12H18BrNS. The second kappa shape index (κ2) is 4.98. The molecule has 2 unspecified atom stereocenters. The van der Waals surface area contributed by atoms with Crippen LogP contribution in [0.25, 0.3) is 0 Å². The number of hydrogen-bond acceptors (Lipinski definition) is 2. The first kappa shape index (κ1) is 11.6. The van der Waals surface area contributed by atoms with Crippen LogP contribution in [-0.4, -0.2) is 12.6 Å². The third kappa shape index (κ3) is 2.63. The van der Waals surface area contributed by atoms with Crippen molar-refractivity contribution >= 4 is 27.3 Å². The van der Waals surface area contributed by atoms with E-state index < -0.39 is 0 Å². The normalized spacial score (nSPS) is 25.6. The fourth-order valence-corrected chi connectivity index (χ4v) is 4.01. The number of halogens is 1. The minimum absolute atomic E-state index is 0.609. The van der Waals surface area contributed by atoms with E-state index in [1.807, 2.05) is 11.3 Å². The Bertz CT molecular complexity index is 321. The van der Waals surface area contributed by atoms with Gasteiger partial charge in [0.05, 0.1) is 0 Å². The first-order chi connectivity index (χ1) is 7.18. The molecule has 0 aromatic carbocycles. The molecule has 1 fully saturated rings. The summed E-state index contributed by atoms with van der Waals surface area (Å²) < 4.78 is 1.31. The zero-order valence-electron chi connectivity index (χ0n) is 9.29. The summed E-state index contributed by atoms with van der Waals surface area (Å²) in [4.78, 5) is 1.55. The Kier molecular flexibility index (Phi) is 3.86. The Balaban J connectivity index is 1.92. The van der Waals surface area contributed by atoms with Gasteiger partial charge in [0.25, 0.3) is 0 Å². The average Bonchev–Trinajstić information content (AvgIpc) is 2.50. The zero-order chi connectivity index (χ0) is 10.8. The molecular weight excluding hydrogens is 270 g/mol. The molecule has 1 aromatic rings.